The minimum absolute atomic E-state index is 0.436. The average molecular weight is 282 g/mol. The van der Waals surface area contributed by atoms with Gasteiger partial charge in [0.15, 0.2) is 0 Å². The fourth-order valence-electron chi connectivity index (χ4n) is 2.73. The number of ether oxygens (including phenoxy) is 1. The van der Waals surface area contributed by atoms with Crippen LogP contribution in [-0.4, -0.2) is 6.61 Å². The Hall–Kier alpha value is -1.76. The second-order valence-electron chi connectivity index (χ2n) is 6.05. The maximum Gasteiger partial charge on any atom is 0.119 e. The van der Waals surface area contributed by atoms with E-state index < -0.39 is 0 Å². The molecule has 0 radical (unpaired) electrons. The molecule has 0 amide bonds. The van der Waals surface area contributed by atoms with Crippen molar-refractivity contribution in [3.8, 4) is 5.75 Å². The van der Waals surface area contributed by atoms with Crippen LogP contribution in [0.2, 0.25) is 0 Å². The van der Waals surface area contributed by atoms with Gasteiger partial charge in [0.25, 0.3) is 0 Å². The SMILES string of the molecule is CCCOc1ccc(C(c2ccc(C)cc2)C(C)C)cc1. The smallest absolute Gasteiger partial charge is 0.119 e. The lowest BCUT2D eigenvalue weighted by molar-refractivity contribution is 0.317. The van der Waals surface area contributed by atoms with Gasteiger partial charge in [0, 0.05) is 5.92 Å². The van der Waals surface area contributed by atoms with Gasteiger partial charge >= 0.3 is 0 Å². The van der Waals surface area contributed by atoms with Crippen LogP contribution < -0.4 is 4.74 Å². The van der Waals surface area contributed by atoms with Crippen molar-refractivity contribution in [2.24, 2.45) is 5.92 Å². The van der Waals surface area contributed by atoms with E-state index >= 15 is 0 Å². The molecular formula is C20H26O. The number of hydrogen-bond acceptors (Lipinski definition) is 1. The van der Waals surface area contributed by atoms with E-state index in [1.807, 2.05) is 0 Å². The van der Waals surface area contributed by atoms with Gasteiger partial charge in [0.2, 0.25) is 0 Å². The van der Waals surface area contributed by atoms with E-state index in [0.29, 0.717) is 11.8 Å². The molecule has 0 saturated carbocycles. The minimum atomic E-state index is 0.436. The monoisotopic (exact) mass is 282 g/mol. The molecule has 0 spiro atoms. The van der Waals surface area contributed by atoms with E-state index in [1.54, 1.807) is 0 Å². The van der Waals surface area contributed by atoms with Crippen molar-refractivity contribution in [1.29, 1.82) is 0 Å². The van der Waals surface area contributed by atoms with Crippen LogP contribution in [0.1, 0.15) is 49.8 Å². The van der Waals surface area contributed by atoms with Gasteiger partial charge in [-0.1, -0.05) is 62.7 Å². The van der Waals surface area contributed by atoms with Crippen LogP contribution in [-0.2, 0) is 0 Å². The maximum absolute atomic E-state index is 5.67. The topological polar surface area (TPSA) is 9.23 Å². The van der Waals surface area contributed by atoms with Crippen LogP contribution in [0.4, 0.5) is 0 Å². The van der Waals surface area contributed by atoms with E-state index in [2.05, 4.69) is 76.2 Å². The molecule has 0 saturated heterocycles. The molecule has 0 aliphatic carbocycles. The highest BCUT2D eigenvalue weighted by molar-refractivity contribution is 5.37. The van der Waals surface area contributed by atoms with Gasteiger partial charge in [0.05, 0.1) is 6.61 Å². The summed E-state index contributed by atoms with van der Waals surface area (Å²) in [6, 6.07) is 17.5. The van der Waals surface area contributed by atoms with Crippen molar-refractivity contribution in [3.05, 3.63) is 65.2 Å². The van der Waals surface area contributed by atoms with E-state index in [1.165, 1.54) is 16.7 Å². The molecule has 0 N–H and O–H groups in total. The summed E-state index contributed by atoms with van der Waals surface area (Å²) in [6.45, 7) is 9.61. The van der Waals surface area contributed by atoms with Crippen LogP contribution in [0.5, 0.6) is 5.75 Å². The van der Waals surface area contributed by atoms with Gasteiger partial charge in [-0.25, -0.2) is 0 Å². The lowest BCUT2D eigenvalue weighted by Crippen LogP contribution is -2.08. The zero-order valence-corrected chi connectivity index (χ0v) is 13.6. The van der Waals surface area contributed by atoms with Crippen LogP contribution in [0, 0.1) is 12.8 Å². The van der Waals surface area contributed by atoms with Crippen LogP contribution >= 0.6 is 0 Å². The van der Waals surface area contributed by atoms with Crippen molar-refractivity contribution in [3.63, 3.8) is 0 Å². The number of aryl methyl sites for hydroxylation is 1. The molecule has 2 aromatic carbocycles. The molecule has 1 atom stereocenters. The molecule has 21 heavy (non-hydrogen) atoms. The predicted molar refractivity (Wildman–Crippen MR) is 90.1 cm³/mol. The van der Waals surface area contributed by atoms with E-state index in [-0.39, 0.29) is 0 Å². The van der Waals surface area contributed by atoms with Crippen molar-refractivity contribution < 1.29 is 4.74 Å². The van der Waals surface area contributed by atoms with Gasteiger partial charge < -0.3 is 4.74 Å². The first-order valence-corrected chi connectivity index (χ1v) is 7.91. The third-order valence-corrected chi connectivity index (χ3v) is 3.82. The zero-order chi connectivity index (χ0) is 15.2. The summed E-state index contributed by atoms with van der Waals surface area (Å²) < 4.78 is 5.67. The van der Waals surface area contributed by atoms with Gasteiger partial charge in [0.1, 0.15) is 5.75 Å². The van der Waals surface area contributed by atoms with E-state index in [0.717, 1.165) is 18.8 Å². The first-order valence-electron chi connectivity index (χ1n) is 7.91. The molecular weight excluding hydrogens is 256 g/mol. The third kappa shape index (κ3) is 4.10. The molecule has 0 bridgehead atoms. The second-order valence-corrected chi connectivity index (χ2v) is 6.05. The molecule has 0 aliphatic heterocycles. The van der Waals surface area contributed by atoms with E-state index in [4.69, 9.17) is 4.74 Å². The Morgan fingerprint density at radius 3 is 1.86 bits per heavy atom. The molecule has 112 valence electrons. The summed E-state index contributed by atoms with van der Waals surface area (Å²) in [6.07, 6.45) is 1.04. The lowest BCUT2D eigenvalue weighted by atomic mass is 9.82. The van der Waals surface area contributed by atoms with Crippen LogP contribution in [0.3, 0.4) is 0 Å². The fourth-order valence-corrected chi connectivity index (χ4v) is 2.73. The van der Waals surface area contributed by atoms with Crippen molar-refractivity contribution in [1.82, 2.24) is 0 Å². The highest BCUT2D eigenvalue weighted by Gasteiger charge is 2.18. The summed E-state index contributed by atoms with van der Waals surface area (Å²) >= 11 is 0. The molecule has 2 aromatic rings. The molecule has 0 fully saturated rings. The largest absolute Gasteiger partial charge is 0.494 e. The normalized spacial score (nSPS) is 12.4. The lowest BCUT2D eigenvalue weighted by Gasteiger charge is -2.22. The molecule has 0 aliphatic rings. The van der Waals surface area contributed by atoms with Crippen molar-refractivity contribution in [2.45, 2.75) is 40.0 Å². The average Bonchev–Trinajstić information content (AvgIpc) is 2.48. The summed E-state index contributed by atoms with van der Waals surface area (Å²) in [5.74, 6) is 1.97. The Kier molecular flexibility index (Phi) is 5.44. The summed E-state index contributed by atoms with van der Waals surface area (Å²) in [5.41, 5.74) is 4.06. The summed E-state index contributed by atoms with van der Waals surface area (Å²) in [7, 11) is 0. The molecule has 1 unspecified atom stereocenters. The Labute approximate surface area is 129 Å². The van der Waals surface area contributed by atoms with Crippen molar-refractivity contribution >= 4 is 0 Å². The molecule has 1 heteroatoms. The molecule has 1 nitrogen and oxygen atoms in total. The number of rotatable bonds is 6. The second kappa shape index (κ2) is 7.31. The van der Waals surface area contributed by atoms with Gasteiger partial charge in [-0.2, -0.15) is 0 Å². The van der Waals surface area contributed by atoms with Crippen LogP contribution in [0.15, 0.2) is 48.5 Å². The third-order valence-electron chi connectivity index (χ3n) is 3.82. The first kappa shape index (κ1) is 15.6. The summed E-state index contributed by atoms with van der Waals surface area (Å²) in [4.78, 5) is 0. The molecule has 0 aromatic heterocycles. The summed E-state index contributed by atoms with van der Waals surface area (Å²) in [5, 5.41) is 0. The fraction of sp³-hybridized carbons (Fsp3) is 0.400. The predicted octanol–water partition coefficient (Wildman–Crippen LogP) is 5.57. The standard InChI is InChI=1S/C20H26O/c1-5-14-21-19-12-10-18(11-13-19)20(15(2)3)17-8-6-16(4)7-9-17/h6-13,15,20H,5,14H2,1-4H3. The van der Waals surface area contributed by atoms with E-state index in [9.17, 15) is 0 Å². The Bertz CT molecular complexity index is 537. The maximum atomic E-state index is 5.67. The molecule has 0 heterocycles. The zero-order valence-electron chi connectivity index (χ0n) is 13.6. The van der Waals surface area contributed by atoms with Gasteiger partial charge in [-0.3, -0.25) is 0 Å². The number of hydrogen-bond donors (Lipinski definition) is 0. The minimum Gasteiger partial charge on any atom is -0.494 e. The molecule has 2 rings (SSSR count). The van der Waals surface area contributed by atoms with Gasteiger partial charge in [-0.05, 0) is 42.5 Å². The Morgan fingerprint density at radius 1 is 0.857 bits per heavy atom. The highest BCUT2D eigenvalue weighted by Crippen LogP contribution is 2.32. The Morgan fingerprint density at radius 2 is 1.38 bits per heavy atom. The quantitative estimate of drug-likeness (QED) is 0.673. The number of benzene rings is 2. The first-order chi connectivity index (χ1) is 10.1. The van der Waals surface area contributed by atoms with Gasteiger partial charge in [-0.15, -0.1) is 0 Å². The Balaban J connectivity index is 2.24. The highest BCUT2D eigenvalue weighted by atomic mass is 16.5. The van der Waals surface area contributed by atoms with Crippen molar-refractivity contribution in [2.75, 3.05) is 6.61 Å². The van der Waals surface area contributed by atoms with Crippen LogP contribution in [0.25, 0.3) is 0 Å².